The van der Waals surface area contributed by atoms with E-state index in [1.807, 2.05) is 30.3 Å². The van der Waals surface area contributed by atoms with Crippen LogP contribution in [0.2, 0.25) is 0 Å². The Morgan fingerprint density at radius 1 is 0.829 bits per heavy atom. The van der Waals surface area contributed by atoms with E-state index < -0.39 is 0 Å². The molecule has 7 heteroatoms. The lowest BCUT2D eigenvalue weighted by atomic mass is 10.2. The molecule has 3 heterocycles. The van der Waals surface area contributed by atoms with E-state index in [-0.39, 0.29) is 6.61 Å². The molecule has 1 fully saturated rings. The molecule has 0 spiro atoms. The lowest BCUT2D eigenvalue weighted by molar-refractivity contribution is 0.313. The molecule has 174 valence electrons. The molecule has 0 saturated carbocycles. The summed E-state index contributed by atoms with van der Waals surface area (Å²) in [5.74, 6) is 4.87. The summed E-state index contributed by atoms with van der Waals surface area (Å²) >= 11 is 0. The van der Waals surface area contributed by atoms with Crippen molar-refractivity contribution in [2.75, 3.05) is 44.7 Å². The van der Waals surface area contributed by atoms with Gasteiger partial charge in [-0.25, -0.2) is 9.97 Å². The lowest BCUT2D eigenvalue weighted by Gasteiger charge is -2.34. The van der Waals surface area contributed by atoms with Crippen LogP contribution in [-0.2, 0) is 0 Å². The van der Waals surface area contributed by atoms with Crippen LogP contribution in [0.25, 0.3) is 44.8 Å². The Kier molecular flexibility index (Phi) is 5.36. The number of anilines is 1. The summed E-state index contributed by atoms with van der Waals surface area (Å²) < 4.78 is 5.46. The standard InChI is InChI=1S/C28H26N6O/c1-3-16-35-22-8-4-19(5-9-22)27-29-23-10-6-20(17-25(23)31-27)28-30-24-11-7-21(18-26(24)32-28)34-14-12-33(2)13-15-34/h1,4-11,17-18H,12-16H2,2H3,(H,29,31)(H,30,32). The topological polar surface area (TPSA) is 73.1 Å². The molecule has 0 unspecified atom stereocenters. The molecule has 2 aromatic heterocycles. The van der Waals surface area contributed by atoms with Gasteiger partial charge in [-0.05, 0) is 67.7 Å². The van der Waals surface area contributed by atoms with Gasteiger partial charge in [-0.1, -0.05) is 5.92 Å². The van der Waals surface area contributed by atoms with Gasteiger partial charge in [0.2, 0.25) is 0 Å². The molecule has 7 nitrogen and oxygen atoms in total. The summed E-state index contributed by atoms with van der Waals surface area (Å²) in [5.41, 5.74) is 7.13. The number of aromatic amines is 2. The molecule has 1 saturated heterocycles. The van der Waals surface area contributed by atoms with E-state index in [2.05, 4.69) is 63.1 Å². The Hall–Kier alpha value is -4.28. The van der Waals surface area contributed by atoms with Gasteiger partial charge < -0.3 is 24.5 Å². The second kappa shape index (κ2) is 8.82. The summed E-state index contributed by atoms with van der Waals surface area (Å²) in [4.78, 5) is 21.4. The van der Waals surface area contributed by atoms with E-state index >= 15 is 0 Å². The number of nitrogens with one attached hydrogen (secondary N) is 2. The fourth-order valence-corrected chi connectivity index (χ4v) is 4.52. The maximum Gasteiger partial charge on any atom is 0.148 e. The fraction of sp³-hybridized carbons (Fsp3) is 0.214. The number of terminal acetylenes is 1. The minimum atomic E-state index is 0.256. The average molecular weight is 463 g/mol. The third-order valence-electron chi connectivity index (χ3n) is 6.54. The zero-order chi connectivity index (χ0) is 23.8. The molecule has 1 aliphatic rings. The van der Waals surface area contributed by atoms with Gasteiger partial charge in [-0.15, -0.1) is 6.42 Å². The first-order chi connectivity index (χ1) is 17.2. The van der Waals surface area contributed by atoms with Gasteiger partial charge in [0.1, 0.15) is 24.0 Å². The summed E-state index contributed by atoms with van der Waals surface area (Å²) in [5, 5.41) is 0. The zero-order valence-corrected chi connectivity index (χ0v) is 19.6. The molecular weight excluding hydrogens is 436 g/mol. The van der Waals surface area contributed by atoms with Gasteiger partial charge in [0.25, 0.3) is 0 Å². The zero-order valence-electron chi connectivity index (χ0n) is 19.6. The summed E-state index contributed by atoms with van der Waals surface area (Å²) in [6, 6.07) is 20.4. The summed E-state index contributed by atoms with van der Waals surface area (Å²) in [6.07, 6.45) is 5.26. The minimum Gasteiger partial charge on any atom is -0.481 e. The number of piperazine rings is 1. The van der Waals surface area contributed by atoms with E-state index in [1.165, 1.54) is 5.69 Å². The number of fused-ring (bicyclic) bond motifs is 2. The maximum absolute atomic E-state index is 5.46. The SMILES string of the molecule is C#CCOc1ccc(-c2nc3ccc(-c4nc5ccc(N6CCN(C)CC6)cc5[nH]4)cc3[nH]2)cc1. The number of benzene rings is 3. The second-order valence-electron chi connectivity index (χ2n) is 8.91. The van der Waals surface area contributed by atoms with Crippen LogP contribution in [0.1, 0.15) is 0 Å². The Labute approximate surface area is 203 Å². The van der Waals surface area contributed by atoms with E-state index in [1.54, 1.807) is 0 Å². The smallest absolute Gasteiger partial charge is 0.148 e. The van der Waals surface area contributed by atoms with Gasteiger partial charge in [-0.2, -0.15) is 0 Å². The predicted molar refractivity (Wildman–Crippen MR) is 141 cm³/mol. The summed E-state index contributed by atoms with van der Waals surface area (Å²) in [6.45, 7) is 4.51. The van der Waals surface area contributed by atoms with Gasteiger partial charge in [0.05, 0.1) is 22.1 Å². The van der Waals surface area contributed by atoms with Crippen molar-refractivity contribution >= 4 is 27.8 Å². The molecule has 0 amide bonds. The average Bonchev–Trinajstić information content (AvgIpc) is 3.51. The van der Waals surface area contributed by atoms with E-state index in [0.29, 0.717) is 0 Å². The van der Waals surface area contributed by atoms with Crippen molar-refractivity contribution in [2.45, 2.75) is 0 Å². The van der Waals surface area contributed by atoms with Gasteiger partial charge in [0.15, 0.2) is 0 Å². The van der Waals surface area contributed by atoms with Crippen molar-refractivity contribution in [3.8, 4) is 40.9 Å². The number of imidazole rings is 2. The van der Waals surface area contributed by atoms with Gasteiger partial charge in [-0.3, -0.25) is 0 Å². The van der Waals surface area contributed by atoms with Gasteiger partial charge >= 0.3 is 0 Å². The lowest BCUT2D eigenvalue weighted by Crippen LogP contribution is -2.44. The maximum atomic E-state index is 5.46. The Morgan fingerprint density at radius 3 is 2.17 bits per heavy atom. The van der Waals surface area contributed by atoms with Crippen molar-refractivity contribution in [3.05, 3.63) is 60.7 Å². The number of H-pyrrole nitrogens is 2. The van der Waals surface area contributed by atoms with Crippen molar-refractivity contribution < 1.29 is 4.74 Å². The molecular formula is C28H26N6O. The van der Waals surface area contributed by atoms with Crippen molar-refractivity contribution in [2.24, 2.45) is 0 Å². The molecule has 1 aliphatic heterocycles. The first-order valence-corrected chi connectivity index (χ1v) is 11.8. The molecule has 6 rings (SSSR count). The normalized spacial score (nSPS) is 14.5. The van der Waals surface area contributed by atoms with Crippen LogP contribution < -0.4 is 9.64 Å². The molecule has 0 aliphatic carbocycles. The van der Waals surface area contributed by atoms with Crippen LogP contribution in [-0.4, -0.2) is 64.7 Å². The number of hydrogen-bond acceptors (Lipinski definition) is 5. The summed E-state index contributed by atoms with van der Waals surface area (Å²) in [7, 11) is 2.18. The largest absolute Gasteiger partial charge is 0.481 e. The van der Waals surface area contributed by atoms with Crippen molar-refractivity contribution in [1.82, 2.24) is 24.8 Å². The van der Waals surface area contributed by atoms with Crippen molar-refractivity contribution in [1.29, 1.82) is 0 Å². The van der Waals surface area contributed by atoms with Crippen LogP contribution in [0, 0.1) is 12.3 Å². The fourth-order valence-electron chi connectivity index (χ4n) is 4.52. The number of ether oxygens (including phenoxy) is 1. The number of rotatable bonds is 5. The highest BCUT2D eigenvalue weighted by Gasteiger charge is 2.16. The van der Waals surface area contributed by atoms with E-state index in [4.69, 9.17) is 21.1 Å². The monoisotopic (exact) mass is 462 g/mol. The molecule has 2 N–H and O–H groups in total. The molecule has 0 bridgehead atoms. The highest BCUT2D eigenvalue weighted by atomic mass is 16.5. The quantitative estimate of drug-likeness (QED) is 0.375. The third-order valence-corrected chi connectivity index (χ3v) is 6.54. The number of hydrogen-bond donors (Lipinski definition) is 2. The van der Waals surface area contributed by atoms with Crippen molar-refractivity contribution in [3.63, 3.8) is 0 Å². The molecule has 35 heavy (non-hydrogen) atoms. The number of nitrogens with zero attached hydrogens (tertiary/aromatic N) is 4. The minimum absolute atomic E-state index is 0.256. The Bertz CT molecular complexity index is 1530. The van der Waals surface area contributed by atoms with E-state index in [0.717, 1.165) is 76.8 Å². The Balaban J connectivity index is 1.27. The van der Waals surface area contributed by atoms with E-state index in [9.17, 15) is 0 Å². The van der Waals surface area contributed by atoms with Crippen LogP contribution in [0.15, 0.2) is 60.7 Å². The molecule has 5 aromatic rings. The van der Waals surface area contributed by atoms with Crippen LogP contribution >= 0.6 is 0 Å². The third kappa shape index (κ3) is 4.20. The molecule has 3 aromatic carbocycles. The van der Waals surface area contributed by atoms with Crippen LogP contribution in [0.5, 0.6) is 5.75 Å². The van der Waals surface area contributed by atoms with Gasteiger partial charge in [0, 0.05) is 43.0 Å². The molecule has 0 radical (unpaired) electrons. The first kappa shape index (κ1) is 21.3. The Morgan fingerprint density at radius 2 is 1.46 bits per heavy atom. The van der Waals surface area contributed by atoms with Crippen LogP contribution in [0.4, 0.5) is 5.69 Å². The highest BCUT2D eigenvalue weighted by Crippen LogP contribution is 2.28. The van der Waals surface area contributed by atoms with Crippen LogP contribution in [0.3, 0.4) is 0 Å². The number of aromatic nitrogens is 4. The molecule has 0 atom stereocenters. The predicted octanol–water partition coefficient (Wildman–Crippen LogP) is 4.54. The number of likely N-dealkylation sites (N-methyl/N-ethyl adjacent to an activating group) is 1. The second-order valence-corrected chi connectivity index (χ2v) is 8.91. The highest BCUT2D eigenvalue weighted by molar-refractivity contribution is 5.87. The first-order valence-electron chi connectivity index (χ1n) is 11.8.